The average molecular weight is 373 g/mol. The van der Waals surface area contributed by atoms with Crippen LogP contribution in [0.1, 0.15) is 18.4 Å². The zero-order chi connectivity index (χ0) is 19.1. The molecule has 0 bridgehead atoms. The highest BCUT2D eigenvalue weighted by Crippen LogP contribution is 2.21. The molecular formula is C21H31N3O3. The van der Waals surface area contributed by atoms with Gasteiger partial charge in [-0.15, -0.1) is 0 Å². The Bertz CT molecular complexity index is 614. The fraction of sp³-hybridized carbons (Fsp3) is 0.619. The molecule has 0 saturated carbocycles. The van der Waals surface area contributed by atoms with Crippen molar-refractivity contribution < 1.29 is 14.3 Å². The van der Waals surface area contributed by atoms with E-state index in [0.717, 1.165) is 45.8 Å². The first kappa shape index (κ1) is 19.8. The zero-order valence-corrected chi connectivity index (χ0v) is 16.3. The van der Waals surface area contributed by atoms with Gasteiger partial charge in [0.15, 0.2) is 0 Å². The number of hydrogen-bond donors (Lipinski definition) is 0. The lowest BCUT2D eigenvalue weighted by molar-refractivity contribution is -0.144. The molecule has 2 fully saturated rings. The van der Waals surface area contributed by atoms with Crippen molar-refractivity contribution in [1.82, 2.24) is 14.7 Å². The number of hydrogen-bond acceptors (Lipinski definition) is 4. The molecular weight excluding hydrogens is 342 g/mol. The van der Waals surface area contributed by atoms with Crippen molar-refractivity contribution in [2.45, 2.75) is 19.3 Å². The van der Waals surface area contributed by atoms with E-state index in [1.165, 1.54) is 5.56 Å². The van der Waals surface area contributed by atoms with Crippen molar-refractivity contribution in [2.75, 3.05) is 59.5 Å². The van der Waals surface area contributed by atoms with Crippen LogP contribution in [0.25, 0.3) is 0 Å². The van der Waals surface area contributed by atoms with Crippen LogP contribution >= 0.6 is 0 Å². The van der Waals surface area contributed by atoms with Crippen molar-refractivity contribution >= 4 is 11.8 Å². The van der Waals surface area contributed by atoms with E-state index in [-0.39, 0.29) is 17.7 Å². The van der Waals surface area contributed by atoms with E-state index in [1.54, 1.807) is 7.11 Å². The predicted octanol–water partition coefficient (Wildman–Crippen LogP) is 1.26. The van der Waals surface area contributed by atoms with Gasteiger partial charge in [-0.25, -0.2) is 0 Å². The van der Waals surface area contributed by atoms with Crippen LogP contribution in [-0.2, 0) is 20.7 Å². The summed E-state index contributed by atoms with van der Waals surface area (Å²) in [4.78, 5) is 31.4. The van der Waals surface area contributed by atoms with Crippen LogP contribution in [0.15, 0.2) is 30.3 Å². The molecule has 0 N–H and O–H groups in total. The van der Waals surface area contributed by atoms with Gasteiger partial charge in [0.1, 0.15) is 0 Å². The number of piperazine rings is 1. The van der Waals surface area contributed by atoms with Crippen molar-refractivity contribution in [1.29, 1.82) is 0 Å². The van der Waals surface area contributed by atoms with Gasteiger partial charge in [0.2, 0.25) is 11.8 Å². The van der Waals surface area contributed by atoms with Crippen molar-refractivity contribution in [3.8, 4) is 0 Å². The number of piperidine rings is 1. The maximum absolute atomic E-state index is 12.9. The van der Waals surface area contributed by atoms with Gasteiger partial charge < -0.3 is 14.5 Å². The summed E-state index contributed by atoms with van der Waals surface area (Å²) in [6, 6.07) is 10.2. The lowest BCUT2D eigenvalue weighted by Crippen LogP contribution is -2.53. The average Bonchev–Trinajstić information content (AvgIpc) is 2.72. The molecule has 2 amide bonds. The highest BCUT2D eigenvalue weighted by Gasteiger charge is 2.33. The molecule has 3 rings (SSSR count). The number of likely N-dealkylation sites (tertiary alicyclic amines) is 1. The summed E-state index contributed by atoms with van der Waals surface area (Å²) in [5, 5.41) is 0. The highest BCUT2D eigenvalue weighted by molar-refractivity contribution is 5.84. The molecule has 2 aliphatic heterocycles. The van der Waals surface area contributed by atoms with E-state index in [4.69, 9.17) is 4.74 Å². The van der Waals surface area contributed by atoms with Gasteiger partial charge in [-0.05, 0) is 18.4 Å². The second-order valence-corrected chi connectivity index (χ2v) is 7.47. The third-order valence-corrected chi connectivity index (χ3v) is 5.66. The minimum atomic E-state index is -0.0519. The smallest absolute Gasteiger partial charge is 0.227 e. The quantitative estimate of drug-likeness (QED) is 0.722. The number of carbonyl (C=O) groups excluding carboxylic acids is 2. The molecule has 6 nitrogen and oxygen atoms in total. The van der Waals surface area contributed by atoms with Crippen molar-refractivity contribution in [2.24, 2.45) is 5.92 Å². The molecule has 0 radical (unpaired) electrons. The fourth-order valence-electron chi connectivity index (χ4n) is 3.91. The number of ether oxygens (including phenoxy) is 1. The van der Waals surface area contributed by atoms with Gasteiger partial charge in [-0.1, -0.05) is 30.3 Å². The zero-order valence-electron chi connectivity index (χ0n) is 16.3. The Kier molecular flexibility index (Phi) is 7.24. The monoisotopic (exact) mass is 373 g/mol. The number of benzene rings is 1. The Morgan fingerprint density at radius 3 is 2.56 bits per heavy atom. The molecule has 0 unspecified atom stereocenters. The third-order valence-electron chi connectivity index (χ3n) is 5.66. The maximum Gasteiger partial charge on any atom is 0.227 e. The van der Waals surface area contributed by atoms with Crippen molar-refractivity contribution in [3.05, 3.63) is 35.9 Å². The molecule has 1 aromatic carbocycles. The molecule has 0 aromatic heterocycles. The van der Waals surface area contributed by atoms with Crippen LogP contribution in [0.4, 0.5) is 0 Å². The number of methoxy groups -OCH3 is 1. The minimum Gasteiger partial charge on any atom is -0.383 e. The summed E-state index contributed by atoms with van der Waals surface area (Å²) in [7, 11) is 1.72. The van der Waals surface area contributed by atoms with Gasteiger partial charge in [0, 0.05) is 59.3 Å². The lowest BCUT2D eigenvalue weighted by Gasteiger charge is -2.39. The number of amides is 2. The molecule has 0 spiro atoms. The van der Waals surface area contributed by atoms with Gasteiger partial charge in [0.05, 0.1) is 12.5 Å². The number of nitrogens with zero attached hydrogens (tertiary/aromatic N) is 3. The highest BCUT2D eigenvalue weighted by atomic mass is 16.5. The number of rotatable bonds is 7. The Labute approximate surface area is 162 Å². The molecule has 148 valence electrons. The van der Waals surface area contributed by atoms with Crippen LogP contribution in [0, 0.1) is 5.92 Å². The van der Waals surface area contributed by atoms with E-state index in [2.05, 4.69) is 17.0 Å². The van der Waals surface area contributed by atoms with Gasteiger partial charge >= 0.3 is 0 Å². The number of carbonyl (C=O) groups is 2. The SMILES string of the molecule is COCCN1CCN(C(=O)[C@@H]2CCC(=O)N(CCc3ccccc3)C2)CC1. The van der Waals surface area contributed by atoms with Crippen molar-refractivity contribution in [3.63, 3.8) is 0 Å². The maximum atomic E-state index is 12.9. The first-order valence-electron chi connectivity index (χ1n) is 9.99. The van der Waals surface area contributed by atoms with Crippen LogP contribution in [0.2, 0.25) is 0 Å². The van der Waals surface area contributed by atoms with E-state index in [9.17, 15) is 9.59 Å². The standard InChI is InChI=1S/C21H31N3O3/c1-27-16-15-22-11-13-23(14-12-22)21(26)19-7-8-20(25)24(17-19)10-9-18-5-3-2-4-6-18/h2-6,19H,7-17H2,1H3/t19-/m1/s1. The molecule has 6 heteroatoms. The Hall–Kier alpha value is -1.92. The normalized spacial score (nSPS) is 21.5. The van der Waals surface area contributed by atoms with Crippen LogP contribution in [-0.4, -0.2) is 86.0 Å². The Morgan fingerprint density at radius 2 is 1.85 bits per heavy atom. The fourth-order valence-corrected chi connectivity index (χ4v) is 3.91. The second-order valence-electron chi connectivity index (χ2n) is 7.47. The van der Waals surface area contributed by atoms with Crippen LogP contribution < -0.4 is 0 Å². The Balaban J connectivity index is 1.48. The van der Waals surface area contributed by atoms with Crippen LogP contribution in [0.5, 0.6) is 0 Å². The summed E-state index contributed by atoms with van der Waals surface area (Å²) in [5.41, 5.74) is 1.23. The summed E-state index contributed by atoms with van der Waals surface area (Å²) >= 11 is 0. The molecule has 27 heavy (non-hydrogen) atoms. The molecule has 1 aromatic rings. The van der Waals surface area contributed by atoms with E-state index in [1.807, 2.05) is 28.0 Å². The molecule has 0 aliphatic carbocycles. The van der Waals surface area contributed by atoms with Gasteiger partial charge in [-0.2, -0.15) is 0 Å². The second kappa shape index (κ2) is 9.85. The van der Waals surface area contributed by atoms with E-state index >= 15 is 0 Å². The molecule has 2 aliphatic rings. The van der Waals surface area contributed by atoms with Gasteiger partial charge in [0.25, 0.3) is 0 Å². The van der Waals surface area contributed by atoms with Gasteiger partial charge in [-0.3, -0.25) is 14.5 Å². The summed E-state index contributed by atoms with van der Waals surface area (Å²) in [5.74, 6) is 0.349. The summed E-state index contributed by atoms with van der Waals surface area (Å²) < 4.78 is 5.13. The molecule has 2 saturated heterocycles. The lowest BCUT2D eigenvalue weighted by atomic mass is 9.95. The first-order chi connectivity index (χ1) is 13.2. The van der Waals surface area contributed by atoms with E-state index in [0.29, 0.717) is 25.9 Å². The largest absolute Gasteiger partial charge is 0.383 e. The molecule has 1 atom stereocenters. The topological polar surface area (TPSA) is 53.1 Å². The predicted molar refractivity (Wildman–Crippen MR) is 104 cm³/mol. The Morgan fingerprint density at radius 1 is 1.11 bits per heavy atom. The van der Waals surface area contributed by atoms with E-state index < -0.39 is 0 Å². The third kappa shape index (κ3) is 5.53. The first-order valence-corrected chi connectivity index (χ1v) is 9.99. The molecule has 2 heterocycles. The summed E-state index contributed by atoms with van der Waals surface area (Å²) in [6.07, 6.45) is 2.01. The minimum absolute atomic E-state index is 0.0519. The summed E-state index contributed by atoms with van der Waals surface area (Å²) in [6.45, 7) is 6.26. The van der Waals surface area contributed by atoms with Crippen LogP contribution in [0.3, 0.4) is 0 Å².